The summed E-state index contributed by atoms with van der Waals surface area (Å²) in [6, 6.07) is 17.6. The van der Waals surface area contributed by atoms with Crippen LogP contribution in [0.15, 0.2) is 76.5 Å². The number of fused-ring (bicyclic) bond motifs is 2. The number of carbonyl (C=O) groups excluding carboxylic acids is 3. The van der Waals surface area contributed by atoms with Crippen molar-refractivity contribution in [2.45, 2.75) is 23.3 Å². The van der Waals surface area contributed by atoms with E-state index in [9.17, 15) is 23.0 Å². The quantitative estimate of drug-likeness (QED) is 0.503. The van der Waals surface area contributed by atoms with Crippen molar-refractivity contribution in [2.75, 3.05) is 37.7 Å². The molecular formula is C28H26FN3O5S. The Morgan fingerprint density at radius 3 is 2.34 bits per heavy atom. The van der Waals surface area contributed by atoms with Crippen molar-refractivity contribution < 1.29 is 27.7 Å². The van der Waals surface area contributed by atoms with Crippen LogP contribution in [-0.2, 0) is 22.1 Å². The van der Waals surface area contributed by atoms with Gasteiger partial charge in [-0.25, -0.2) is 13.4 Å². The Bertz CT molecular complexity index is 1440. The molecule has 1 fully saturated rings. The van der Waals surface area contributed by atoms with Crippen molar-refractivity contribution >= 4 is 34.4 Å². The molecule has 196 valence electrons. The number of rotatable bonds is 4. The van der Waals surface area contributed by atoms with E-state index in [4.69, 9.17) is 4.74 Å². The molecule has 0 aromatic heterocycles. The lowest BCUT2D eigenvalue weighted by Gasteiger charge is -2.34. The molecule has 3 aromatic rings. The van der Waals surface area contributed by atoms with Crippen molar-refractivity contribution in [3.63, 3.8) is 0 Å². The number of amides is 3. The number of piperazine rings is 1. The van der Waals surface area contributed by atoms with E-state index in [0.29, 0.717) is 52.8 Å². The third-order valence-corrected chi connectivity index (χ3v) is 8.14. The summed E-state index contributed by atoms with van der Waals surface area (Å²) >= 11 is 0. The van der Waals surface area contributed by atoms with E-state index in [0.717, 1.165) is 0 Å². The zero-order valence-corrected chi connectivity index (χ0v) is 21.6. The molecule has 8 nitrogen and oxygen atoms in total. The third-order valence-electron chi connectivity index (χ3n) is 6.64. The molecule has 0 unspecified atom stereocenters. The topological polar surface area (TPSA) is 87.2 Å². The van der Waals surface area contributed by atoms with E-state index in [-0.39, 0.29) is 24.6 Å². The summed E-state index contributed by atoms with van der Waals surface area (Å²) in [5.74, 6) is -1.17. The number of hydrogen-bond acceptors (Lipinski definition) is 5. The van der Waals surface area contributed by atoms with Gasteiger partial charge < -0.3 is 19.4 Å². The van der Waals surface area contributed by atoms with Gasteiger partial charge in [0.05, 0.1) is 45.0 Å². The molecule has 2 aliphatic heterocycles. The van der Waals surface area contributed by atoms with Crippen LogP contribution in [0.25, 0.3) is 0 Å². The number of hydrogen-bond donors (Lipinski definition) is 0. The summed E-state index contributed by atoms with van der Waals surface area (Å²) in [6.45, 7) is 3.25. The minimum atomic E-state index is -1.69. The van der Waals surface area contributed by atoms with Gasteiger partial charge in [0.25, 0.3) is 11.8 Å². The summed E-state index contributed by atoms with van der Waals surface area (Å²) in [5.41, 5.74) is 1.16. The van der Waals surface area contributed by atoms with Crippen molar-refractivity contribution in [2.24, 2.45) is 0 Å². The van der Waals surface area contributed by atoms with Crippen molar-refractivity contribution in [1.29, 1.82) is 0 Å². The fourth-order valence-corrected chi connectivity index (χ4v) is 5.98. The van der Waals surface area contributed by atoms with Crippen LogP contribution in [0, 0.1) is 5.82 Å². The number of nitrogens with zero attached hydrogens (tertiary/aromatic N) is 3. The van der Waals surface area contributed by atoms with Gasteiger partial charge in [0, 0.05) is 37.3 Å². The van der Waals surface area contributed by atoms with E-state index in [1.165, 1.54) is 11.0 Å². The van der Waals surface area contributed by atoms with E-state index >= 15 is 0 Å². The Kier molecular flexibility index (Phi) is 7.24. The first kappa shape index (κ1) is 25.6. The molecule has 1 atom stereocenters. The highest BCUT2D eigenvalue weighted by Crippen LogP contribution is 2.36. The number of anilines is 1. The lowest BCUT2D eigenvalue weighted by Crippen LogP contribution is -2.50. The predicted octanol–water partition coefficient (Wildman–Crippen LogP) is 4.07. The van der Waals surface area contributed by atoms with Crippen molar-refractivity contribution in [3.05, 3.63) is 89.2 Å². The normalized spacial score (nSPS) is 16.9. The Hall–Kier alpha value is -4.05. The molecule has 2 heterocycles. The van der Waals surface area contributed by atoms with Crippen LogP contribution < -0.4 is 4.90 Å². The number of carbonyl (C=O) groups is 3. The molecule has 5 rings (SSSR count). The van der Waals surface area contributed by atoms with Crippen LogP contribution in [-0.4, -0.2) is 64.7 Å². The minimum Gasteiger partial charge on any atom is -0.450 e. The van der Waals surface area contributed by atoms with Crippen LogP contribution in [0.4, 0.5) is 14.9 Å². The first-order valence-electron chi connectivity index (χ1n) is 12.3. The zero-order valence-electron chi connectivity index (χ0n) is 20.8. The molecule has 0 aliphatic carbocycles. The average molecular weight is 536 g/mol. The Morgan fingerprint density at radius 1 is 0.921 bits per heavy atom. The minimum absolute atomic E-state index is 0.0973. The second kappa shape index (κ2) is 10.7. The molecule has 0 saturated carbocycles. The number of halogens is 1. The molecule has 0 spiro atoms. The lowest BCUT2D eigenvalue weighted by atomic mass is 10.1. The molecule has 0 radical (unpaired) electrons. The summed E-state index contributed by atoms with van der Waals surface area (Å²) in [6.07, 6.45) is -0.408. The molecule has 2 aliphatic rings. The highest BCUT2D eigenvalue weighted by atomic mass is 32.2. The summed E-state index contributed by atoms with van der Waals surface area (Å²) < 4.78 is 33.2. The second-order valence-corrected chi connectivity index (χ2v) is 10.3. The maximum Gasteiger partial charge on any atom is 0.409 e. The van der Waals surface area contributed by atoms with Gasteiger partial charge in [0.1, 0.15) is 5.82 Å². The number of ether oxygens (including phenoxy) is 1. The Morgan fingerprint density at radius 2 is 1.61 bits per heavy atom. The van der Waals surface area contributed by atoms with Gasteiger partial charge in [-0.2, -0.15) is 0 Å². The second-order valence-electron chi connectivity index (χ2n) is 8.91. The highest BCUT2D eigenvalue weighted by molar-refractivity contribution is 7.85. The molecule has 3 amide bonds. The molecule has 10 heteroatoms. The van der Waals surface area contributed by atoms with E-state index in [1.54, 1.807) is 77.4 Å². The highest BCUT2D eigenvalue weighted by Gasteiger charge is 2.33. The average Bonchev–Trinajstić information content (AvgIpc) is 3.03. The maximum atomic E-state index is 14.6. The van der Waals surface area contributed by atoms with Gasteiger partial charge >= 0.3 is 6.09 Å². The van der Waals surface area contributed by atoms with Gasteiger partial charge in [0.2, 0.25) is 0 Å². The van der Waals surface area contributed by atoms with Gasteiger partial charge in [-0.05, 0) is 43.3 Å². The lowest BCUT2D eigenvalue weighted by molar-refractivity contribution is 0.0570. The summed E-state index contributed by atoms with van der Waals surface area (Å²) in [5, 5.41) is 0. The zero-order chi connectivity index (χ0) is 26.8. The van der Waals surface area contributed by atoms with Gasteiger partial charge in [-0.1, -0.05) is 30.3 Å². The first-order chi connectivity index (χ1) is 18.4. The van der Waals surface area contributed by atoms with Crippen LogP contribution in [0.1, 0.15) is 33.2 Å². The Labute approximate surface area is 222 Å². The van der Waals surface area contributed by atoms with Crippen molar-refractivity contribution in [1.82, 2.24) is 9.80 Å². The van der Waals surface area contributed by atoms with Crippen LogP contribution >= 0.6 is 0 Å². The fourth-order valence-electron chi connectivity index (χ4n) is 4.64. The van der Waals surface area contributed by atoms with Crippen molar-refractivity contribution in [3.8, 4) is 0 Å². The SMILES string of the molecule is CCOC(=O)N1CCN(C(=O)c2ccc3c(c2)N(Cc2ccccc2F)C(=O)c2ccccc2[S@]3=O)CC1. The van der Waals surface area contributed by atoms with Crippen LogP contribution in [0.2, 0.25) is 0 Å². The molecule has 0 bridgehead atoms. The van der Waals surface area contributed by atoms with Gasteiger partial charge in [-0.15, -0.1) is 0 Å². The Balaban J connectivity index is 1.50. The maximum absolute atomic E-state index is 14.6. The number of benzene rings is 3. The van der Waals surface area contributed by atoms with Crippen LogP contribution in [0.3, 0.4) is 0 Å². The van der Waals surface area contributed by atoms with E-state index in [2.05, 4.69) is 0 Å². The molecule has 3 aromatic carbocycles. The molecule has 0 N–H and O–H groups in total. The van der Waals surface area contributed by atoms with E-state index < -0.39 is 28.6 Å². The predicted molar refractivity (Wildman–Crippen MR) is 139 cm³/mol. The molecule has 1 saturated heterocycles. The summed E-state index contributed by atoms with van der Waals surface area (Å²) in [4.78, 5) is 44.5. The first-order valence-corrected chi connectivity index (χ1v) is 13.4. The molecular weight excluding hydrogens is 509 g/mol. The smallest absolute Gasteiger partial charge is 0.409 e. The largest absolute Gasteiger partial charge is 0.450 e. The summed E-state index contributed by atoms with van der Waals surface area (Å²) in [7, 11) is -1.69. The fraction of sp³-hybridized carbons (Fsp3) is 0.250. The standard InChI is InChI=1S/C28H26FN3O5S/c1-2-37-28(35)31-15-13-30(14-16-31)26(33)19-11-12-25-23(17-19)32(18-20-7-3-5-9-22(20)29)27(34)21-8-4-6-10-24(21)38(25)36/h3-12,17H,2,13-16,18H2,1H3/t38-/m1/s1. The van der Waals surface area contributed by atoms with Crippen LogP contribution in [0.5, 0.6) is 0 Å². The monoisotopic (exact) mass is 535 g/mol. The van der Waals surface area contributed by atoms with Gasteiger partial charge in [-0.3, -0.25) is 9.59 Å². The van der Waals surface area contributed by atoms with Gasteiger partial charge in [0.15, 0.2) is 0 Å². The van der Waals surface area contributed by atoms with E-state index in [1.807, 2.05) is 0 Å². The third kappa shape index (κ3) is 4.79. The molecule has 38 heavy (non-hydrogen) atoms.